The Morgan fingerprint density at radius 3 is 2.02 bits per heavy atom. The second-order valence-corrected chi connectivity index (χ2v) is 16.3. The summed E-state index contributed by atoms with van der Waals surface area (Å²) >= 11 is 1.87. The summed E-state index contributed by atoms with van der Waals surface area (Å²) in [6.45, 7) is 0.810. The third kappa shape index (κ3) is 5.56. The summed E-state index contributed by atoms with van der Waals surface area (Å²) in [5, 5.41) is 12.6. The monoisotopic (exact) mass is 774 g/mol. The third-order valence-corrected chi connectivity index (χ3v) is 12.9. The van der Waals surface area contributed by atoms with Gasteiger partial charge in [-0.15, -0.1) is 16.3 Å². The van der Waals surface area contributed by atoms with E-state index in [0.29, 0.717) is 5.82 Å². The van der Waals surface area contributed by atoms with Crippen LogP contribution in [0.1, 0.15) is 5.56 Å². The molecule has 0 saturated carbocycles. The van der Waals surface area contributed by atoms with Crippen LogP contribution in [0.3, 0.4) is 0 Å². The Labute approximate surface area is 345 Å². The number of hydrogen-bond donors (Lipinski definition) is 0. The molecule has 11 aromatic rings. The van der Waals surface area contributed by atoms with E-state index in [9.17, 15) is 0 Å². The summed E-state index contributed by atoms with van der Waals surface area (Å²) < 4.78 is 4.95. The van der Waals surface area contributed by atoms with Gasteiger partial charge in [0.2, 0.25) is 5.82 Å². The molecule has 6 heteroatoms. The van der Waals surface area contributed by atoms with Gasteiger partial charge in [0.05, 0.1) is 22.7 Å². The quantitative estimate of drug-likeness (QED) is 0.158. The summed E-state index contributed by atoms with van der Waals surface area (Å²) in [4.78, 5) is 7.10. The van der Waals surface area contributed by atoms with Crippen molar-refractivity contribution in [2.24, 2.45) is 0 Å². The predicted octanol–water partition coefficient (Wildman–Crippen LogP) is 12.7. The number of para-hydroxylation sites is 3. The molecular formula is C53H36N5S+. The highest BCUT2D eigenvalue weighted by molar-refractivity contribution is 7.26. The van der Waals surface area contributed by atoms with Crippen LogP contribution >= 0.6 is 11.3 Å². The molecule has 0 fully saturated rings. The highest BCUT2D eigenvalue weighted by Gasteiger charge is 2.33. The van der Waals surface area contributed by atoms with Crippen LogP contribution in [-0.4, -0.2) is 21.2 Å². The molecule has 0 N–H and O–H groups in total. The van der Waals surface area contributed by atoms with Gasteiger partial charge < -0.3 is 4.57 Å². The second kappa shape index (κ2) is 13.6. The summed E-state index contributed by atoms with van der Waals surface area (Å²) in [5.74, 6) is 0.694. The first-order valence-corrected chi connectivity index (χ1v) is 20.9. The van der Waals surface area contributed by atoms with Gasteiger partial charge in [0.1, 0.15) is 11.4 Å². The van der Waals surface area contributed by atoms with Gasteiger partial charge >= 0.3 is 0 Å². The molecule has 0 saturated heterocycles. The van der Waals surface area contributed by atoms with E-state index in [1.54, 1.807) is 0 Å². The van der Waals surface area contributed by atoms with Crippen molar-refractivity contribution in [1.29, 1.82) is 0 Å². The van der Waals surface area contributed by atoms with Gasteiger partial charge in [0.15, 0.2) is 0 Å². The highest BCUT2D eigenvalue weighted by Crippen LogP contribution is 2.46. The van der Waals surface area contributed by atoms with E-state index < -0.39 is 0 Å². The van der Waals surface area contributed by atoms with E-state index in [4.69, 9.17) is 10.1 Å². The van der Waals surface area contributed by atoms with Crippen molar-refractivity contribution in [3.8, 4) is 50.6 Å². The van der Waals surface area contributed by atoms with Crippen LogP contribution in [-0.2, 0) is 6.42 Å². The van der Waals surface area contributed by atoms with Crippen LogP contribution in [0.25, 0.3) is 92.6 Å². The summed E-state index contributed by atoms with van der Waals surface area (Å²) in [5.41, 5.74) is 13.9. The molecule has 4 heterocycles. The zero-order valence-electron chi connectivity index (χ0n) is 32.0. The van der Waals surface area contributed by atoms with Crippen molar-refractivity contribution in [1.82, 2.24) is 14.6 Å². The molecule has 0 atom stereocenters. The summed E-state index contributed by atoms with van der Waals surface area (Å²) in [6.07, 6.45) is 3.00. The number of fused-ring (bicyclic) bond motifs is 7. The molecule has 12 rings (SSSR count). The lowest BCUT2D eigenvalue weighted by Crippen LogP contribution is -2.57. The summed E-state index contributed by atoms with van der Waals surface area (Å²) in [6, 6.07) is 67.6. The molecule has 0 unspecified atom stereocenters. The largest absolute Gasteiger partial charge is 0.309 e. The fraction of sp³-hybridized carbons (Fsp3) is 0.0377. The van der Waals surface area contributed by atoms with Crippen molar-refractivity contribution in [2.45, 2.75) is 6.42 Å². The van der Waals surface area contributed by atoms with Crippen LogP contribution in [0.4, 0.5) is 5.69 Å². The SMILES string of the molecule is c1ccc(-c2c[n+](N3CCc4cccc(-c5cccc6sc7ccc(-c8ccc9c(c8)c8ccccc8n9-c8ccccc8)cc7c56)c43)nc(-c3ccccc3)n2)cc1. The smallest absolute Gasteiger partial charge is 0.257 e. The van der Waals surface area contributed by atoms with E-state index in [1.165, 1.54) is 81.2 Å². The van der Waals surface area contributed by atoms with Gasteiger partial charge in [0.25, 0.3) is 6.20 Å². The Morgan fingerprint density at radius 1 is 0.508 bits per heavy atom. The molecule has 0 amide bonds. The number of rotatable bonds is 6. The zero-order valence-corrected chi connectivity index (χ0v) is 32.9. The van der Waals surface area contributed by atoms with Crippen molar-refractivity contribution in [3.05, 3.63) is 200 Å². The molecule has 0 aliphatic carbocycles. The Hall–Kier alpha value is -7.41. The minimum Gasteiger partial charge on any atom is -0.309 e. The predicted molar refractivity (Wildman–Crippen MR) is 244 cm³/mol. The first-order valence-electron chi connectivity index (χ1n) is 20.1. The van der Waals surface area contributed by atoms with Crippen LogP contribution in [0.2, 0.25) is 0 Å². The Balaban J connectivity index is 1.01. The molecule has 1 aliphatic rings. The van der Waals surface area contributed by atoms with E-state index in [1.807, 2.05) is 40.4 Å². The lowest BCUT2D eigenvalue weighted by Gasteiger charge is -2.16. The number of anilines is 1. The molecule has 59 heavy (non-hydrogen) atoms. The van der Waals surface area contributed by atoms with Crippen molar-refractivity contribution < 1.29 is 4.79 Å². The molecule has 3 aromatic heterocycles. The molecule has 8 aromatic carbocycles. The highest BCUT2D eigenvalue weighted by atomic mass is 32.1. The number of benzene rings is 8. The fourth-order valence-electron chi connectivity index (χ4n) is 9.08. The standard InChI is InChI=1S/C53H36N5S/c1-4-14-35(15-5-1)46-34-57(55-53(54-46)37-16-6-2-7-17-37)56-31-30-36-18-12-23-43(52(36)56)42-22-13-25-50-51(42)45-33-39(27-29-49(45)59-50)38-26-28-48-44(32-38)41-21-10-11-24-47(41)58(48)40-19-8-3-9-20-40/h1-29,32-34H,30-31H2/q+1. The lowest BCUT2D eigenvalue weighted by atomic mass is 9.95. The van der Waals surface area contributed by atoms with E-state index in [0.717, 1.165) is 29.8 Å². The summed E-state index contributed by atoms with van der Waals surface area (Å²) in [7, 11) is 0. The maximum Gasteiger partial charge on any atom is 0.257 e. The number of hydrogen-bond acceptors (Lipinski definition) is 4. The average Bonchev–Trinajstić information content (AvgIpc) is 4.01. The van der Waals surface area contributed by atoms with Crippen LogP contribution in [0.5, 0.6) is 0 Å². The van der Waals surface area contributed by atoms with Gasteiger partial charge in [0, 0.05) is 58.1 Å². The van der Waals surface area contributed by atoms with Crippen LogP contribution < -0.4 is 9.80 Å². The molecule has 0 bridgehead atoms. The minimum absolute atomic E-state index is 0.694. The molecule has 1 aliphatic heterocycles. The Bertz CT molecular complexity index is 3330. The molecule has 0 spiro atoms. The fourth-order valence-corrected chi connectivity index (χ4v) is 10.2. The van der Waals surface area contributed by atoms with Crippen molar-refractivity contribution in [3.63, 3.8) is 0 Å². The third-order valence-electron chi connectivity index (χ3n) is 11.8. The molecule has 278 valence electrons. The first-order chi connectivity index (χ1) is 29.2. The van der Waals surface area contributed by atoms with Crippen molar-refractivity contribution in [2.75, 3.05) is 11.6 Å². The van der Waals surface area contributed by atoms with Gasteiger partial charge in [-0.25, -0.2) is 4.98 Å². The van der Waals surface area contributed by atoms with Gasteiger partial charge in [-0.3, -0.25) is 0 Å². The number of aromatic nitrogens is 4. The maximum absolute atomic E-state index is 5.18. The number of nitrogens with zero attached hydrogens (tertiary/aromatic N) is 5. The Kier molecular flexibility index (Phi) is 7.78. The van der Waals surface area contributed by atoms with Gasteiger partial charge in [-0.1, -0.05) is 140 Å². The van der Waals surface area contributed by atoms with Gasteiger partial charge in [-0.05, 0) is 77.2 Å². The van der Waals surface area contributed by atoms with Gasteiger partial charge in [-0.2, -0.15) is 0 Å². The molecular weight excluding hydrogens is 739 g/mol. The minimum atomic E-state index is 0.694. The second-order valence-electron chi connectivity index (χ2n) is 15.2. The van der Waals surface area contributed by atoms with E-state index in [2.05, 4.69) is 180 Å². The topological polar surface area (TPSA) is 37.8 Å². The zero-order chi connectivity index (χ0) is 38.9. The van der Waals surface area contributed by atoms with Crippen molar-refractivity contribution >= 4 is 59.0 Å². The normalized spacial score (nSPS) is 12.6. The lowest BCUT2D eigenvalue weighted by molar-refractivity contribution is -0.740. The van der Waals surface area contributed by atoms with E-state index >= 15 is 0 Å². The average molecular weight is 775 g/mol. The molecule has 0 radical (unpaired) electrons. The van der Waals surface area contributed by atoms with E-state index in [-0.39, 0.29) is 0 Å². The van der Waals surface area contributed by atoms with Crippen LogP contribution in [0.15, 0.2) is 194 Å². The van der Waals surface area contributed by atoms with Crippen LogP contribution in [0, 0.1) is 0 Å². The Morgan fingerprint density at radius 2 is 1.19 bits per heavy atom. The molecule has 5 nitrogen and oxygen atoms in total. The first kappa shape index (κ1) is 33.7. The number of thiophene rings is 1. The maximum atomic E-state index is 5.18.